The van der Waals surface area contributed by atoms with E-state index >= 15 is 0 Å². The second-order valence-electron chi connectivity index (χ2n) is 5.72. The van der Waals surface area contributed by atoms with E-state index < -0.39 is 16.0 Å². The second kappa shape index (κ2) is 8.60. The zero-order valence-electron chi connectivity index (χ0n) is 14.2. The highest BCUT2D eigenvalue weighted by Gasteiger charge is 2.17. The summed E-state index contributed by atoms with van der Waals surface area (Å²) in [7, 11) is -3.65. The molecule has 0 fully saturated rings. The third kappa shape index (κ3) is 5.85. The Morgan fingerprint density at radius 2 is 1.84 bits per heavy atom. The van der Waals surface area contributed by atoms with Crippen LogP contribution in [0.2, 0.25) is 0 Å². The zero-order chi connectivity index (χ0) is 18.3. The molecule has 0 bridgehead atoms. The first-order valence-electron chi connectivity index (χ1n) is 7.89. The van der Waals surface area contributed by atoms with Crippen molar-refractivity contribution in [3.63, 3.8) is 0 Å². The Hall–Kier alpha value is -2.44. The van der Waals surface area contributed by atoms with Gasteiger partial charge in [-0.25, -0.2) is 17.9 Å². The van der Waals surface area contributed by atoms with Gasteiger partial charge in [0.1, 0.15) is 6.61 Å². The van der Waals surface area contributed by atoms with Crippen molar-refractivity contribution in [2.24, 2.45) is 0 Å². The molecular weight excluding hydrogens is 338 g/mol. The molecule has 5 nitrogen and oxygen atoms in total. The third-order valence-corrected chi connectivity index (χ3v) is 4.85. The van der Waals surface area contributed by atoms with Crippen molar-refractivity contribution in [3.05, 3.63) is 71.8 Å². The molecular formula is C19H21NO4S. The summed E-state index contributed by atoms with van der Waals surface area (Å²) in [5, 5.41) is 0. The van der Waals surface area contributed by atoms with Crippen molar-refractivity contribution in [2.75, 3.05) is 6.61 Å². The molecule has 0 aliphatic heterocycles. The number of carbonyl (C=O) groups is 1. The molecule has 2 rings (SSSR count). The molecule has 1 N–H and O–H groups in total. The van der Waals surface area contributed by atoms with Gasteiger partial charge < -0.3 is 4.74 Å². The van der Waals surface area contributed by atoms with Crippen molar-refractivity contribution in [1.29, 1.82) is 0 Å². The van der Waals surface area contributed by atoms with Crippen LogP contribution in [0.25, 0.3) is 6.08 Å². The van der Waals surface area contributed by atoms with Gasteiger partial charge in [0, 0.05) is 6.04 Å². The Bertz CT molecular complexity index is 843. The molecule has 2 aromatic rings. The minimum absolute atomic E-state index is 0.0375. The molecule has 0 amide bonds. The van der Waals surface area contributed by atoms with Crippen molar-refractivity contribution < 1.29 is 17.9 Å². The van der Waals surface area contributed by atoms with Crippen LogP contribution >= 0.6 is 0 Å². The van der Waals surface area contributed by atoms with Gasteiger partial charge in [0.25, 0.3) is 0 Å². The van der Waals surface area contributed by atoms with Crippen LogP contribution in [0.15, 0.2) is 65.6 Å². The van der Waals surface area contributed by atoms with Crippen LogP contribution in [-0.4, -0.2) is 27.0 Å². The first-order chi connectivity index (χ1) is 11.9. The lowest BCUT2D eigenvalue weighted by Gasteiger charge is -2.10. The van der Waals surface area contributed by atoms with Crippen LogP contribution in [0.3, 0.4) is 0 Å². The van der Waals surface area contributed by atoms with Crippen LogP contribution in [0.1, 0.15) is 29.8 Å². The standard InChI is InChI=1S/C19H21NO4S/c1-15(2)20-25(22,23)18-12-6-11-17(14-18)19(21)24-13-7-10-16-8-4-3-5-9-16/h3-12,14-15,20H,13H2,1-2H3. The molecule has 6 heteroatoms. The molecule has 0 aromatic heterocycles. The molecule has 0 spiro atoms. The summed E-state index contributed by atoms with van der Waals surface area (Å²) in [6.07, 6.45) is 3.58. The Balaban J connectivity index is 2.00. The van der Waals surface area contributed by atoms with E-state index in [4.69, 9.17) is 4.74 Å². The van der Waals surface area contributed by atoms with E-state index in [-0.39, 0.29) is 23.1 Å². The molecule has 0 saturated carbocycles. The van der Waals surface area contributed by atoms with Crippen LogP contribution in [0.4, 0.5) is 0 Å². The first kappa shape index (κ1) is 18.9. The van der Waals surface area contributed by atoms with Crippen molar-refractivity contribution in [2.45, 2.75) is 24.8 Å². The molecule has 0 heterocycles. The number of nitrogens with one attached hydrogen (secondary N) is 1. The number of hydrogen-bond acceptors (Lipinski definition) is 4. The SMILES string of the molecule is CC(C)NS(=O)(=O)c1cccc(C(=O)OCC=Cc2ccccc2)c1. The van der Waals surface area contributed by atoms with E-state index in [1.54, 1.807) is 19.9 Å². The smallest absolute Gasteiger partial charge is 0.338 e. The van der Waals surface area contributed by atoms with E-state index in [0.717, 1.165) is 5.56 Å². The molecule has 132 valence electrons. The van der Waals surface area contributed by atoms with Gasteiger partial charge in [0.15, 0.2) is 0 Å². The molecule has 0 atom stereocenters. The predicted octanol–water partition coefficient (Wildman–Crippen LogP) is 3.24. The summed E-state index contributed by atoms with van der Waals surface area (Å²) < 4.78 is 32.0. The quantitative estimate of drug-likeness (QED) is 0.770. The van der Waals surface area contributed by atoms with Gasteiger partial charge in [-0.15, -0.1) is 0 Å². The number of ether oxygens (including phenoxy) is 1. The van der Waals surface area contributed by atoms with Crippen LogP contribution in [0.5, 0.6) is 0 Å². The maximum Gasteiger partial charge on any atom is 0.338 e. The highest BCUT2D eigenvalue weighted by molar-refractivity contribution is 7.89. The monoisotopic (exact) mass is 359 g/mol. The average Bonchev–Trinajstić information content (AvgIpc) is 2.58. The Morgan fingerprint density at radius 3 is 2.52 bits per heavy atom. The van der Waals surface area contributed by atoms with Crippen molar-refractivity contribution in [3.8, 4) is 0 Å². The van der Waals surface area contributed by atoms with E-state index in [0.29, 0.717) is 0 Å². The molecule has 0 unspecified atom stereocenters. The summed E-state index contributed by atoms with van der Waals surface area (Å²) in [5.41, 5.74) is 1.20. The maximum absolute atomic E-state index is 12.2. The first-order valence-corrected chi connectivity index (χ1v) is 9.38. The van der Waals surface area contributed by atoms with Crippen LogP contribution in [-0.2, 0) is 14.8 Å². The fourth-order valence-corrected chi connectivity index (χ4v) is 3.42. The van der Waals surface area contributed by atoms with Crippen molar-refractivity contribution in [1.82, 2.24) is 4.72 Å². The molecule has 0 radical (unpaired) electrons. The molecule has 2 aromatic carbocycles. The predicted molar refractivity (Wildman–Crippen MR) is 97.7 cm³/mol. The van der Waals surface area contributed by atoms with Gasteiger partial charge in [-0.1, -0.05) is 42.5 Å². The van der Waals surface area contributed by atoms with Crippen molar-refractivity contribution >= 4 is 22.1 Å². The molecule has 0 aliphatic rings. The largest absolute Gasteiger partial charge is 0.458 e. The third-order valence-electron chi connectivity index (χ3n) is 3.19. The van der Waals surface area contributed by atoms with Gasteiger partial charge in [0.05, 0.1) is 10.5 Å². The van der Waals surface area contributed by atoms with Gasteiger partial charge in [-0.2, -0.15) is 0 Å². The number of carbonyl (C=O) groups excluding carboxylic acids is 1. The van der Waals surface area contributed by atoms with E-state index in [1.807, 2.05) is 36.4 Å². The topological polar surface area (TPSA) is 72.5 Å². The van der Waals surface area contributed by atoms with Gasteiger partial charge in [-0.3, -0.25) is 0 Å². The number of hydrogen-bond donors (Lipinski definition) is 1. The highest BCUT2D eigenvalue weighted by atomic mass is 32.2. The number of sulfonamides is 1. The Morgan fingerprint density at radius 1 is 1.12 bits per heavy atom. The normalized spacial score (nSPS) is 11.8. The summed E-state index contributed by atoms with van der Waals surface area (Å²) in [4.78, 5) is 12.1. The Labute approximate surface area is 148 Å². The molecule has 0 saturated heterocycles. The van der Waals surface area contributed by atoms with Gasteiger partial charge >= 0.3 is 5.97 Å². The molecule has 0 aliphatic carbocycles. The maximum atomic E-state index is 12.2. The van der Waals surface area contributed by atoms with Gasteiger partial charge in [0.2, 0.25) is 10.0 Å². The lowest BCUT2D eigenvalue weighted by atomic mass is 10.2. The van der Waals surface area contributed by atoms with E-state index in [1.165, 1.54) is 24.3 Å². The Kier molecular flexibility index (Phi) is 6.50. The summed E-state index contributed by atoms with van der Waals surface area (Å²) >= 11 is 0. The van der Waals surface area contributed by atoms with E-state index in [2.05, 4.69) is 4.72 Å². The lowest BCUT2D eigenvalue weighted by molar-refractivity contribution is 0.0550. The van der Waals surface area contributed by atoms with Crippen LogP contribution < -0.4 is 4.72 Å². The summed E-state index contributed by atoms with van der Waals surface area (Å²) in [6.45, 7) is 3.57. The minimum Gasteiger partial charge on any atom is -0.458 e. The van der Waals surface area contributed by atoms with Gasteiger partial charge in [-0.05, 0) is 43.7 Å². The lowest BCUT2D eigenvalue weighted by Crippen LogP contribution is -2.30. The minimum atomic E-state index is -3.65. The number of benzene rings is 2. The number of esters is 1. The highest BCUT2D eigenvalue weighted by Crippen LogP contribution is 2.13. The average molecular weight is 359 g/mol. The fourth-order valence-electron chi connectivity index (χ4n) is 2.12. The molecule has 25 heavy (non-hydrogen) atoms. The van der Waals surface area contributed by atoms with Crippen LogP contribution in [0, 0.1) is 0 Å². The zero-order valence-corrected chi connectivity index (χ0v) is 15.0. The summed E-state index contributed by atoms with van der Waals surface area (Å²) in [6, 6.07) is 15.2. The fraction of sp³-hybridized carbons (Fsp3) is 0.211. The number of rotatable bonds is 7. The summed E-state index contributed by atoms with van der Waals surface area (Å²) in [5.74, 6) is -0.570. The second-order valence-corrected chi connectivity index (χ2v) is 7.43. The van der Waals surface area contributed by atoms with E-state index in [9.17, 15) is 13.2 Å².